The summed E-state index contributed by atoms with van der Waals surface area (Å²) in [4.78, 5) is 20.2. The van der Waals surface area contributed by atoms with Crippen LogP contribution in [0.4, 0.5) is 5.69 Å². The highest BCUT2D eigenvalue weighted by molar-refractivity contribution is 7.89. The molecular weight excluding hydrogens is 468 g/mol. The van der Waals surface area contributed by atoms with E-state index in [0.717, 1.165) is 0 Å². The third kappa shape index (κ3) is 5.51. The van der Waals surface area contributed by atoms with E-state index in [-0.39, 0.29) is 35.3 Å². The smallest absolute Gasteiger partial charge is 0.350 e. The number of nitriles is 1. The van der Waals surface area contributed by atoms with Crippen molar-refractivity contribution in [1.82, 2.24) is 4.31 Å². The molecule has 3 rings (SSSR count). The number of nitrogens with zero attached hydrogens (tertiary/aromatic N) is 4. The maximum Gasteiger partial charge on any atom is 0.350 e. The molecule has 0 bridgehead atoms. The zero-order valence-corrected chi connectivity index (χ0v) is 20.6. The van der Waals surface area contributed by atoms with Crippen LogP contribution >= 0.6 is 0 Å². The Morgan fingerprint density at radius 3 is 2.60 bits per heavy atom. The molecule has 1 N–H and O–H groups in total. The second kappa shape index (κ2) is 10.3. The lowest BCUT2D eigenvalue weighted by Crippen LogP contribution is -2.35. The molecule has 10 heteroatoms. The van der Waals surface area contributed by atoms with E-state index < -0.39 is 28.0 Å². The minimum absolute atomic E-state index is 0.0677. The van der Waals surface area contributed by atoms with E-state index in [1.54, 1.807) is 25.1 Å². The van der Waals surface area contributed by atoms with Gasteiger partial charge in [0.05, 0.1) is 46.4 Å². The number of carboxylic acid groups (broad SMARTS) is 1. The average molecular weight is 496 g/mol. The first-order chi connectivity index (χ1) is 16.5. The van der Waals surface area contributed by atoms with Crippen molar-refractivity contribution in [3.63, 3.8) is 0 Å². The third-order valence-electron chi connectivity index (χ3n) is 6.09. The first-order valence-electron chi connectivity index (χ1n) is 11.0. The Hall–Kier alpha value is -3.73. The number of rotatable bonds is 8. The SMILES string of the molecule is C#[N+]c1cc(C#N)ccc1C(CC(=O)O)=N[C@]1(C)CN(S(=O)(=O)c2ccc(OCC)cc2)C[C@H]1C. The second-order valence-electron chi connectivity index (χ2n) is 8.56. The largest absolute Gasteiger partial charge is 0.494 e. The summed E-state index contributed by atoms with van der Waals surface area (Å²) in [6, 6.07) is 12.8. The fraction of sp³-hybridized carbons (Fsp3) is 0.360. The normalized spacial score (nSPS) is 20.7. The Morgan fingerprint density at radius 1 is 1.34 bits per heavy atom. The van der Waals surface area contributed by atoms with E-state index in [0.29, 0.717) is 23.5 Å². The summed E-state index contributed by atoms with van der Waals surface area (Å²) < 4.78 is 33.4. The average Bonchev–Trinajstić information content (AvgIpc) is 3.13. The molecule has 1 saturated heterocycles. The van der Waals surface area contributed by atoms with Crippen LogP contribution in [0.5, 0.6) is 5.75 Å². The van der Waals surface area contributed by atoms with Crippen LogP contribution in [0.3, 0.4) is 0 Å². The van der Waals surface area contributed by atoms with Gasteiger partial charge in [-0.2, -0.15) is 9.57 Å². The van der Waals surface area contributed by atoms with Crippen molar-refractivity contribution in [1.29, 1.82) is 5.26 Å². The van der Waals surface area contributed by atoms with Gasteiger partial charge in [0.1, 0.15) is 5.75 Å². The molecule has 9 nitrogen and oxygen atoms in total. The van der Waals surface area contributed by atoms with Crippen molar-refractivity contribution in [3.05, 3.63) is 58.4 Å². The van der Waals surface area contributed by atoms with Gasteiger partial charge in [0.25, 0.3) is 6.57 Å². The molecule has 0 aliphatic carbocycles. The van der Waals surface area contributed by atoms with E-state index in [2.05, 4.69) is 4.85 Å². The van der Waals surface area contributed by atoms with Crippen molar-refractivity contribution < 1.29 is 23.1 Å². The predicted octanol–water partition coefficient (Wildman–Crippen LogP) is 3.91. The first kappa shape index (κ1) is 25.9. The Balaban J connectivity index is 1.98. The highest BCUT2D eigenvalue weighted by Gasteiger charge is 2.45. The van der Waals surface area contributed by atoms with Crippen LogP contribution in [0.25, 0.3) is 4.85 Å². The monoisotopic (exact) mass is 495 g/mol. The number of aliphatic imine (C=N–C) groups is 1. The van der Waals surface area contributed by atoms with Gasteiger partial charge in [0.2, 0.25) is 10.0 Å². The topological polar surface area (TPSA) is 124 Å². The van der Waals surface area contributed by atoms with Crippen LogP contribution < -0.4 is 4.74 Å². The van der Waals surface area contributed by atoms with Crippen LogP contribution in [-0.4, -0.2) is 54.7 Å². The van der Waals surface area contributed by atoms with Crippen molar-refractivity contribution in [3.8, 4) is 18.4 Å². The summed E-state index contributed by atoms with van der Waals surface area (Å²) in [5, 5.41) is 18.7. The number of sulfonamides is 1. The van der Waals surface area contributed by atoms with Crippen LogP contribution in [0, 0.1) is 23.8 Å². The van der Waals surface area contributed by atoms with Crippen molar-refractivity contribution in [2.24, 2.45) is 10.9 Å². The molecule has 0 unspecified atom stereocenters. The van der Waals surface area contributed by atoms with Gasteiger partial charge < -0.3 is 9.84 Å². The number of hydrogen-bond donors (Lipinski definition) is 1. The molecule has 1 heterocycles. The number of ether oxygens (including phenoxy) is 1. The van der Waals surface area contributed by atoms with Crippen molar-refractivity contribution in [2.75, 3.05) is 19.7 Å². The molecule has 2 aromatic rings. The Kier molecular flexibility index (Phi) is 7.59. The summed E-state index contributed by atoms with van der Waals surface area (Å²) in [7, 11) is -3.80. The minimum Gasteiger partial charge on any atom is -0.494 e. The van der Waals surface area contributed by atoms with Gasteiger partial charge >= 0.3 is 11.7 Å². The van der Waals surface area contributed by atoms with Crippen LogP contribution in [-0.2, 0) is 14.8 Å². The summed E-state index contributed by atoms with van der Waals surface area (Å²) in [6.07, 6.45) is -0.414. The van der Waals surface area contributed by atoms with E-state index in [4.69, 9.17) is 21.6 Å². The molecule has 1 aliphatic heterocycles. The summed E-state index contributed by atoms with van der Waals surface area (Å²) >= 11 is 0. The van der Waals surface area contributed by atoms with E-state index >= 15 is 0 Å². The van der Waals surface area contributed by atoms with Crippen LogP contribution in [0.2, 0.25) is 0 Å². The van der Waals surface area contributed by atoms with Gasteiger partial charge in [-0.1, -0.05) is 6.92 Å². The number of hydrogen-bond acceptors (Lipinski definition) is 6. The van der Waals surface area contributed by atoms with Gasteiger partial charge in [-0.25, -0.2) is 8.42 Å². The summed E-state index contributed by atoms with van der Waals surface area (Å²) in [5.41, 5.74) is 0.247. The Morgan fingerprint density at radius 2 is 2.03 bits per heavy atom. The van der Waals surface area contributed by atoms with Gasteiger partial charge in [-0.05, 0) is 61.0 Å². The molecule has 2 atom stereocenters. The van der Waals surface area contributed by atoms with Gasteiger partial charge in [0, 0.05) is 19.2 Å². The molecular formula is C25H27N4O5S+. The summed E-state index contributed by atoms with van der Waals surface area (Å²) in [5.74, 6) is -0.734. The van der Waals surface area contributed by atoms with Crippen molar-refractivity contribution >= 4 is 27.4 Å². The first-order valence-corrected chi connectivity index (χ1v) is 12.5. The molecule has 0 aromatic heterocycles. The molecule has 1 fully saturated rings. The fourth-order valence-electron chi connectivity index (χ4n) is 4.03. The number of carbonyl (C=O) groups is 1. The van der Waals surface area contributed by atoms with Crippen LogP contribution in [0.15, 0.2) is 52.4 Å². The van der Waals surface area contributed by atoms with Crippen molar-refractivity contribution in [2.45, 2.75) is 37.6 Å². The highest BCUT2D eigenvalue weighted by Crippen LogP contribution is 2.36. The number of benzene rings is 2. The minimum atomic E-state index is -3.80. The molecule has 0 amide bonds. The number of carboxylic acids is 1. The second-order valence-corrected chi connectivity index (χ2v) is 10.5. The maximum atomic E-state index is 13.3. The molecule has 2 aromatic carbocycles. The lowest BCUT2D eigenvalue weighted by atomic mass is 9.90. The summed E-state index contributed by atoms with van der Waals surface area (Å²) in [6.45, 7) is 11.8. The molecule has 182 valence electrons. The maximum absolute atomic E-state index is 13.3. The zero-order chi connectivity index (χ0) is 25.8. The zero-order valence-electron chi connectivity index (χ0n) is 19.8. The van der Waals surface area contributed by atoms with Crippen LogP contribution in [0.1, 0.15) is 38.3 Å². The van der Waals surface area contributed by atoms with Gasteiger partial charge in [0.15, 0.2) is 0 Å². The number of aliphatic carboxylic acids is 1. The molecule has 1 aliphatic rings. The van der Waals surface area contributed by atoms with E-state index in [1.165, 1.54) is 28.6 Å². The molecule has 35 heavy (non-hydrogen) atoms. The lowest BCUT2D eigenvalue weighted by Gasteiger charge is -2.25. The predicted molar refractivity (Wildman–Crippen MR) is 132 cm³/mol. The third-order valence-corrected chi connectivity index (χ3v) is 7.92. The van der Waals surface area contributed by atoms with Gasteiger partial charge in [-0.15, -0.1) is 0 Å². The van der Waals surface area contributed by atoms with E-state index in [9.17, 15) is 18.3 Å². The highest BCUT2D eigenvalue weighted by atomic mass is 32.2. The molecule has 0 radical (unpaired) electrons. The van der Waals surface area contributed by atoms with E-state index in [1.807, 2.05) is 19.9 Å². The fourth-order valence-corrected chi connectivity index (χ4v) is 5.66. The quantitative estimate of drug-likeness (QED) is 0.554. The molecule has 0 spiro atoms. The lowest BCUT2D eigenvalue weighted by molar-refractivity contribution is -0.135. The Bertz CT molecular complexity index is 1340. The Labute approximate surface area is 205 Å². The molecule has 0 saturated carbocycles. The van der Waals surface area contributed by atoms with Gasteiger partial charge in [-0.3, -0.25) is 9.79 Å². The standard InChI is InChI=1S/C25H26N4O5S/c1-5-34-19-7-9-20(10-8-19)35(32,33)29-15-17(2)25(3,16-29)28-23(13-24(30)31)21-11-6-18(14-26)12-22(21)27-4/h4,6-12,17H,5,13,15-16H2,1-3H3/p+1/t17-,25-/m1/s1.